The molecule has 6 heteroatoms. The summed E-state index contributed by atoms with van der Waals surface area (Å²) in [6.45, 7) is 4.13. The fourth-order valence-electron chi connectivity index (χ4n) is 3.24. The van der Waals surface area contributed by atoms with Crippen molar-refractivity contribution in [2.45, 2.75) is 32.7 Å². The minimum absolute atomic E-state index is 0.0276. The molecular weight excluding hydrogens is 341 g/mol. The first kappa shape index (κ1) is 17.6. The quantitative estimate of drug-likeness (QED) is 0.892. The molecule has 0 aliphatic carbocycles. The summed E-state index contributed by atoms with van der Waals surface area (Å²) in [7, 11) is 0. The number of halogens is 1. The topological polar surface area (TPSA) is 57.6 Å². The number of amides is 1. The number of nitrogens with zero attached hydrogens (tertiary/aromatic N) is 1. The molecule has 1 N–H and O–H groups in total. The third-order valence-electron chi connectivity index (χ3n) is 4.78. The number of rotatable bonds is 3. The van der Waals surface area contributed by atoms with Crippen molar-refractivity contribution in [2.75, 3.05) is 6.54 Å². The second-order valence-electron chi connectivity index (χ2n) is 6.51. The average molecular weight is 361 g/mol. The van der Waals surface area contributed by atoms with Gasteiger partial charge in [-0.1, -0.05) is 12.1 Å². The van der Waals surface area contributed by atoms with Crippen molar-refractivity contribution in [3.8, 4) is 11.1 Å². The predicted molar refractivity (Wildman–Crippen MR) is 95.3 cm³/mol. The van der Waals surface area contributed by atoms with Crippen molar-refractivity contribution in [1.29, 1.82) is 0 Å². The maximum Gasteiger partial charge on any atom is 0.308 e. The molecule has 1 aliphatic heterocycles. The Morgan fingerprint density at radius 3 is 2.56 bits per heavy atom. The van der Waals surface area contributed by atoms with Gasteiger partial charge in [0.05, 0.1) is 10.8 Å². The Balaban J connectivity index is 1.86. The molecule has 2 heterocycles. The van der Waals surface area contributed by atoms with E-state index in [1.54, 1.807) is 17.0 Å². The second kappa shape index (κ2) is 6.96. The first-order chi connectivity index (χ1) is 11.9. The highest BCUT2D eigenvalue weighted by molar-refractivity contribution is 7.14. The second-order valence-corrected chi connectivity index (χ2v) is 7.76. The molecule has 0 spiro atoms. The normalized spacial score (nSPS) is 20.5. The van der Waals surface area contributed by atoms with Crippen LogP contribution < -0.4 is 0 Å². The van der Waals surface area contributed by atoms with E-state index in [1.807, 2.05) is 19.9 Å². The highest BCUT2D eigenvalue weighted by atomic mass is 32.1. The molecular formula is C19H20FNO3S. The standard InChI is InChI=1S/C19H20FNO3S/c1-11-3-4-14(19(23)24)10-21(11)18(22)17-9-16(12(2)25-17)13-5-7-15(20)8-6-13/h5-9,11,14H,3-4,10H2,1-2H3,(H,23,24). The van der Waals surface area contributed by atoms with Gasteiger partial charge < -0.3 is 10.0 Å². The fourth-order valence-corrected chi connectivity index (χ4v) is 4.23. The van der Waals surface area contributed by atoms with Crippen LogP contribution in [-0.2, 0) is 4.79 Å². The van der Waals surface area contributed by atoms with Gasteiger partial charge in [-0.05, 0) is 56.0 Å². The molecule has 1 fully saturated rings. The molecule has 132 valence electrons. The minimum Gasteiger partial charge on any atom is -0.481 e. The Labute approximate surface area is 149 Å². The van der Waals surface area contributed by atoms with Crippen LogP contribution in [0, 0.1) is 18.7 Å². The summed E-state index contributed by atoms with van der Waals surface area (Å²) in [6.07, 6.45) is 1.29. The number of thiophene rings is 1. The first-order valence-electron chi connectivity index (χ1n) is 8.27. The van der Waals surface area contributed by atoms with E-state index in [0.717, 1.165) is 16.0 Å². The summed E-state index contributed by atoms with van der Waals surface area (Å²) in [5.74, 6) is -1.77. The van der Waals surface area contributed by atoms with E-state index in [0.29, 0.717) is 17.7 Å². The van der Waals surface area contributed by atoms with Crippen LogP contribution in [0.1, 0.15) is 34.3 Å². The van der Waals surface area contributed by atoms with Crippen molar-refractivity contribution < 1.29 is 19.1 Å². The van der Waals surface area contributed by atoms with Gasteiger partial charge in [-0.3, -0.25) is 9.59 Å². The van der Waals surface area contributed by atoms with Crippen LogP contribution in [0.5, 0.6) is 0 Å². The molecule has 0 radical (unpaired) electrons. The Bertz CT molecular complexity index is 800. The zero-order chi connectivity index (χ0) is 18.1. The van der Waals surface area contributed by atoms with Gasteiger partial charge in [0.1, 0.15) is 5.82 Å². The van der Waals surface area contributed by atoms with Gasteiger partial charge in [0.25, 0.3) is 5.91 Å². The van der Waals surface area contributed by atoms with Gasteiger partial charge in [-0.25, -0.2) is 4.39 Å². The zero-order valence-corrected chi connectivity index (χ0v) is 15.0. The van der Waals surface area contributed by atoms with Crippen LogP contribution in [0.15, 0.2) is 30.3 Å². The van der Waals surface area contributed by atoms with Gasteiger partial charge in [0.2, 0.25) is 0 Å². The highest BCUT2D eigenvalue weighted by Crippen LogP contribution is 2.33. The lowest BCUT2D eigenvalue weighted by Gasteiger charge is -2.36. The number of carboxylic acids is 1. The van der Waals surface area contributed by atoms with E-state index in [4.69, 9.17) is 0 Å². The number of piperidine rings is 1. The molecule has 2 unspecified atom stereocenters. The van der Waals surface area contributed by atoms with E-state index < -0.39 is 11.9 Å². The first-order valence-corrected chi connectivity index (χ1v) is 9.08. The number of aliphatic carboxylic acids is 1. The molecule has 0 bridgehead atoms. The lowest BCUT2D eigenvalue weighted by atomic mass is 9.93. The fraction of sp³-hybridized carbons (Fsp3) is 0.368. The maximum atomic E-state index is 13.1. The number of hydrogen-bond acceptors (Lipinski definition) is 3. The summed E-state index contributed by atoms with van der Waals surface area (Å²) in [5.41, 5.74) is 1.78. The van der Waals surface area contributed by atoms with Crippen molar-refractivity contribution in [2.24, 2.45) is 5.92 Å². The van der Waals surface area contributed by atoms with Gasteiger partial charge >= 0.3 is 5.97 Å². The van der Waals surface area contributed by atoms with Crippen molar-refractivity contribution in [3.63, 3.8) is 0 Å². The van der Waals surface area contributed by atoms with E-state index in [-0.39, 0.29) is 24.3 Å². The molecule has 1 amide bonds. The summed E-state index contributed by atoms with van der Waals surface area (Å²) in [4.78, 5) is 27.4. The number of aryl methyl sites for hydroxylation is 1. The summed E-state index contributed by atoms with van der Waals surface area (Å²) in [5, 5.41) is 9.25. The van der Waals surface area contributed by atoms with Gasteiger partial charge in [0.15, 0.2) is 0 Å². The third kappa shape index (κ3) is 3.58. The van der Waals surface area contributed by atoms with Crippen LogP contribution >= 0.6 is 11.3 Å². The SMILES string of the molecule is Cc1sc(C(=O)N2CC(C(=O)O)CCC2C)cc1-c1ccc(F)cc1. The molecule has 2 aromatic rings. The number of carboxylic acid groups (broad SMARTS) is 1. The Hall–Kier alpha value is -2.21. The average Bonchev–Trinajstić information content (AvgIpc) is 2.97. The largest absolute Gasteiger partial charge is 0.481 e. The van der Waals surface area contributed by atoms with Crippen LogP contribution in [0.3, 0.4) is 0 Å². The number of hydrogen-bond donors (Lipinski definition) is 1. The maximum absolute atomic E-state index is 13.1. The number of carbonyl (C=O) groups excluding carboxylic acids is 1. The molecule has 1 aromatic carbocycles. The van der Waals surface area contributed by atoms with E-state index in [1.165, 1.54) is 23.5 Å². The summed E-state index contributed by atoms with van der Waals surface area (Å²) < 4.78 is 13.1. The minimum atomic E-state index is -0.848. The van der Waals surface area contributed by atoms with E-state index >= 15 is 0 Å². The highest BCUT2D eigenvalue weighted by Gasteiger charge is 2.33. The molecule has 3 rings (SSSR count). The van der Waals surface area contributed by atoms with Gasteiger partial charge in [-0.15, -0.1) is 11.3 Å². The van der Waals surface area contributed by atoms with Crippen molar-refractivity contribution in [1.82, 2.24) is 4.90 Å². The molecule has 25 heavy (non-hydrogen) atoms. The summed E-state index contributed by atoms with van der Waals surface area (Å²) in [6, 6.07) is 8.05. The van der Waals surface area contributed by atoms with E-state index in [2.05, 4.69) is 0 Å². The Kier molecular flexibility index (Phi) is 4.90. The number of carbonyl (C=O) groups is 2. The number of benzene rings is 1. The molecule has 2 atom stereocenters. The lowest BCUT2D eigenvalue weighted by Crippen LogP contribution is -2.47. The summed E-state index contributed by atoms with van der Waals surface area (Å²) >= 11 is 1.39. The van der Waals surface area contributed by atoms with E-state index in [9.17, 15) is 19.1 Å². The van der Waals surface area contributed by atoms with Crippen LogP contribution in [0.2, 0.25) is 0 Å². The van der Waals surface area contributed by atoms with Crippen LogP contribution in [-0.4, -0.2) is 34.5 Å². The predicted octanol–water partition coefficient (Wildman–Crippen LogP) is 4.19. The number of likely N-dealkylation sites (tertiary alicyclic amines) is 1. The monoisotopic (exact) mass is 361 g/mol. The molecule has 0 saturated carbocycles. The van der Waals surface area contributed by atoms with Crippen molar-refractivity contribution >= 4 is 23.2 Å². The van der Waals surface area contributed by atoms with Gasteiger partial charge in [-0.2, -0.15) is 0 Å². The third-order valence-corrected chi connectivity index (χ3v) is 5.81. The molecule has 4 nitrogen and oxygen atoms in total. The van der Waals surface area contributed by atoms with Gasteiger partial charge in [0, 0.05) is 17.5 Å². The molecule has 1 aliphatic rings. The van der Waals surface area contributed by atoms with Crippen LogP contribution in [0.25, 0.3) is 11.1 Å². The molecule has 1 saturated heterocycles. The lowest BCUT2D eigenvalue weighted by molar-refractivity contribution is -0.143. The Morgan fingerprint density at radius 2 is 1.92 bits per heavy atom. The van der Waals surface area contributed by atoms with Crippen molar-refractivity contribution in [3.05, 3.63) is 45.9 Å². The smallest absolute Gasteiger partial charge is 0.308 e. The van der Waals surface area contributed by atoms with Crippen LogP contribution in [0.4, 0.5) is 4.39 Å². The zero-order valence-electron chi connectivity index (χ0n) is 14.2. The molecule has 1 aromatic heterocycles. The Morgan fingerprint density at radius 1 is 1.24 bits per heavy atom.